The molecule has 1 N–H and O–H groups in total. The first-order valence-corrected chi connectivity index (χ1v) is 6.54. The van der Waals surface area contributed by atoms with E-state index in [1.165, 1.54) is 25.9 Å². The van der Waals surface area contributed by atoms with Crippen LogP contribution in [0.5, 0.6) is 0 Å². The lowest BCUT2D eigenvalue weighted by molar-refractivity contribution is 0.212. The summed E-state index contributed by atoms with van der Waals surface area (Å²) in [5, 5.41) is 3.52. The van der Waals surface area contributed by atoms with Gasteiger partial charge < -0.3 is 5.32 Å². The first-order valence-electron chi connectivity index (χ1n) is 6.54. The van der Waals surface area contributed by atoms with E-state index in [4.69, 9.17) is 0 Å². The minimum atomic E-state index is 0.700. The molecule has 1 rings (SSSR count). The molecule has 1 saturated carbocycles. The molecule has 2 heteroatoms. The molecule has 90 valence electrons. The van der Waals surface area contributed by atoms with E-state index in [-0.39, 0.29) is 0 Å². The second-order valence-corrected chi connectivity index (χ2v) is 5.63. The van der Waals surface area contributed by atoms with Gasteiger partial charge in [0.05, 0.1) is 0 Å². The standard InChI is InChI=1S/C13H28N2/c1-11(2)9-14-7-8-15(12(3)4)10-13-5-6-13/h11-14H,5-10H2,1-4H3. The van der Waals surface area contributed by atoms with Gasteiger partial charge in [-0.25, -0.2) is 0 Å². The fraction of sp³-hybridized carbons (Fsp3) is 1.00. The molecule has 0 radical (unpaired) electrons. The van der Waals surface area contributed by atoms with E-state index in [0.717, 1.165) is 24.9 Å². The van der Waals surface area contributed by atoms with Crippen LogP contribution in [0.3, 0.4) is 0 Å². The molecule has 0 amide bonds. The Labute approximate surface area is 95.4 Å². The molecule has 0 aromatic rings. The zero-order chi connectivity index (χ0) is 11.3. The summed E-state index contributed by atoms with van der Waals surface area (Å²) in [5.74, 6) is 1.78. The summed E-state index contributed by atoms with van der Waals surface area (Å²) < 4.78 is 0. The zero-order valence-electron chi connectivity index (χ0n) is 10.9. The summed E-state index contributed by atoms with van der Waals surface area (Å²) in [5.41, 5.74) is 0. The van der Waals surface area contributed by atoms with Crippen molar-refractivity contribution in [2.75, 3.05) is 26.2 Å². The van der Waals surface area contributed by atoms with Crippen molar-refractivity contribution < 1.29 is 0 Å². The van der Waals surface area contributed by atoms with E-state index in [1.54, 1.807) is 0 Å². The van der Waals surface area contributed by atoms with Crippen molar-refractivity contribution in [3.63, 3.8) is 0 Å². The van der Waals surface area contributed by atoms with E-state index in [9.17, 15) is 0 Å². The molecule has 1 aliphatic carbocycles. The molecule has 0 atom stereocenters. The normalized spacial score (nSPS) is 17.0. The molecular formula is C13H28N2. The monoisotopic (exact) mass is 212 g/mol. The Hall–Kier alpha value is -0.0800. The number of nitrogens with zero attached hydrogens (tertiary/aromatic N) is 1. The van der Waals surface area contributed by atoms with Crippen molar-refractivity contribution in [3.8, 4) is 0 Å². The SMILES string of the molecule is CC(C)CNCCN(CC1CC1)C(C)C. The highest BCUT2D eigenvalue weighted by Gasteiger charge is 2.24. The van der Waals surface area contributed by atoms with Crippen LogP contribution in [0, 0.1) is 11.8 Å². The Bertz CT molecular complexity index is 162. The van der Waals surface area contributed by atoms with Gasteiger partial charge in [-0.3, -0.25) is 4.90 Å². The van der Waals surface area contributed by atoms with Crippen LogP contribution in [0.25, 0.3) is 0 Å². The van der Waals surface area contributed by atoms with Crippen molar-refractivity contribution in [1.82, 2.24) is 10.2 Å². The Kier molecular flexibility index (Phi) is 5.62. The van der Waals surface area contributed by atoms with Crippen LogP contribution in [-0.4, -0.2) is 37.1 Å². The topological polar surface area (TPSA) is 15.3 Å². The first-order chi connectivity index (χ1) is 7.09. The summed E-state index contributed by atoms with van der Waals surface area (Å²) >= 11 is 0. The molecule has 0 aliphatic heterocycles. The van der Waals surface area contributed by atoms with Crippen molar-refractivity contribution in [3.05, 3.63) is 0 Å². The fourth-order valence-electron chi connectivity index (χ4n) is 1.81. The maximum Gasteiger partial charge on any atom is 0.0110 e. The summed E-state index contributed by atoms with van der Waals surface area (Å²) in [6.07, 6.45) is 2.92. The van der Waals surface area contributed by atoms with Gasteiger partial charge in [0.1, 0.15) is 0 Å². The van der Waals surface area contributed by atoms with Gasteiger partial charge in [-0.1, -0.05) is 13.8 Å². The van der Waals surface area contributed by atoms with Crippen molar-refractivity contribution in [1.29, 1.82) is 0 Å². The van der Waals surface area contributed by atoms with E-state index in [0.29, 0.717) is 6.04 Å². The van der Waals surface area contributed by atoms with Gasteiger partial charge in [0.15, 0.2) is 0 Å². The second kappa shape index (κ2) is 6.49. The lowest BCUT2D eigenvalue weighted by Gasteiger charge is -2.26. The van der Waals surface area contributed by atoms with Crippen LogP contribution in [0.2, 0.25) is 0 Å². The van der Waals surface area contributed by atoms with Gasteiger partial charge in [0.25, 0.3) is 0 Å². The van der Waals surface area contributed by atoms with Gasteiger partial charge in [-0.2, -0.15) is 0 Å². The van der Waals surface area contributed by atoms with Gasteiger partial charge in [-0.15, -0.1) is 0 Å². The Morgan fingerprint density at radius 3 is 2.33 bits per heavy atom. The number of hydrogen-bond donors (Lipinski definition) is 1. The molecule has 1 aliphatic rings. The lowest BCUT2D eigenvalue weighted by atomic mass is 10.2. The van der Waals surface area contributed by atoms with Crippen molar-refractivity contribution in [2.24, 2.45) is 11.8 Å². The Balaban J connectivity index is 2.08. The van der Waals surface area contributed by atoms with E-state index < -0.39 is 0 Å². The molecule has 1 fully saturated rings. The van der Waals surface area contributed by atoms with E-state index in [1.807, 2.05) is 0 Å². The fourth-order valence-corrected chi connectivity index (χ4v) is 1.81. The molecule has 0 spiro atoms. The summed E-state index contributed by atoms with van der Waals surface area (Å²) in [6, 6.07) is 0.700. The average molecular weight is 212 g/mol. The molecule has 0 unspecified atom stereocenters. The van der Waals surface area contributed by atoms with Crippen LogP contribution in [-0.2, 0) is 0 Å². The summed E-state index contributed by atoms with van der Waals surface area (Å²) in [7, 11) is 0. The highest BCUT2D eigenvalue weighted by molar-refractivity contribution is 4.79. The van der Waals surface area contributed by atoms with Gasteiger partial charge in [0, 0.05) is 25.7 Å². The molecule has 0 aromatic heterocycles. The van der Waals surface area contributed by atoms with Crippen LogP contribution < -0.4 is 5.32 Å². The number of nitrogens with one attached hydrogen (secondary N) is 1. The lowest BCUT2D eigenvalue weighted by Crippen LogP contribution is -2.38. The Morgan fingerprint density at radius 2 is 1.87 bits per heavy atom. The smallest absolute Gasteiger partial charge is 0.0110 e. The van der Waals surface area contributed by atoms with E-state index in [2.05, 4.69) is 37.9 Å². The highest BCUT2D eigenvalue weighted by Crippen LogP contribution is 2.30. The van der Waals surface area contributed by atoms with Crippen LogP contribution in [0.1, 0.15) is 40.5 Å². The number of rotatable bonds is 8. The van der Waals surface area contributed by atoms with Crippen LogP contribution >= 0.6 is 0 Å². The predicted octanol–water partition coefficient (Wildman–Crippen LogP) is 2.35. The van der Waals surface area contributed by atoms with Crippen LogP contribution in [0.15, 0.2) is 0 Å². The molecule has 0 heterocycles. The molecule has 2 nitrogen and oxygen atoms in total. The molecule has 15 heavy (non-hydrogen) atoms. The predicted molar refractivity (Wildman–Crippen MR) is 67.1 cm³/mol. The molecular weight excluding hydrogens is 184 g/mol. The maximum absolute atomic E-state index is 3.52. The molecule has 0 saturated heterocycles. The molecule has 0 bridgehead atoms. The van der Waals surface area contributed by atoms with Crippen LogP contribution in [0.4, 0.5) is 0 Å². The third-order valence-corrected chi connectivity index (χ3v) is 3.05. The maximum atomic E-state index is 3.52. The van der Waals surface area contributed by atoms with Gasteiger partial charge in [0.2, 0.25) is 0 Å². The zero-order valence-corrected chi connectivity index (χ0v) is 10.9. The van der Waals surface area contributed by atoms with E-state index >= 15 is 0 Å². The van der Waals surface area contributed by atoms with Gasteiger partial charge in [-0.05, 0) is 45.1 Å². The Morgan fingerprint density at radius 1 is 1.20 bits per heavy atom. The number of hydrogen-bond acceptors (Lipinski definition) is 2. The quantitative estimate of drug-likeness (QED) is 0.621. The second-order valence-electron chi connectivity index (χ2n) is 5.63. The molecule has 0 aromatic carbocycles. The van der Waals surface area contributed by atoms with Crippen molar-refractivity contribution >= 4 is 0 Å². The third-order valence-electron chi connectivity index (χ3n) is 3.05. The minimum absolute atomic E-state index is 0.700. The van der Waals surface area contributed by atoms with Crippen molar-refractivity contribution in [2.45, 2.75) is 46.6 Å². The summed E-state index contributed by atoms with van der Waals surface area (Å²) in [6.45, 7) is 14.0. The first kappa shape index (κ1) is 13.0. The average Bonchev–Trinajstić information content (AvgIpc) is 2.93. The minimum Gasteiger partial charge on any atom is -0.315 e. The van der Waals surface area contributed by atoms with Gasteiger partial charge >= 0.3 is 0 Å². The summed E-state index contributed by atoms with van der Waals surface area (Å²) in [4.78, 5) is 2.62. The highest BCUT2D eigenvalue weighted by atomic mass is 15.2. The third kappa shape index (κ3) is 6.16. The largest absolute Gasteiger partial charge is 0.315 e.